The summed E-state index contributed by atoms with van der Waals surface area (Å²) in [5.41, 5.74) is -0.00586. The van der Waals surface area contributed by atoms with Crippen LogP contribution in [0.4, 0.5) is 5.82 Å². The van der Waals surface area contributed by atoms with Crippen LogP contribution in [0.2, 0.25) is 0 Å². The van der Waals surface area contributed by atoms with Gasteiger partial charge < -0.3 is 10.4 Å². The lowest BCUT2D eigenvalue weighted by atomic mass is 9.80. The van der Waals surface area contributed by atoms with Gasteiger partial charge in [0.2, 0.25) is 0 Å². The summed E-state index contributed by atoms with van der Waals surface area (Å²) in [6, 6.07) is 0.253. The molecule has 0 bridgehead atoms. The van der Waals surface area contributed by atoms with Crippen LogP contribution >= 0.6 is 0 Å². The van der Waals surface area contributed by atoms with Gasteiger partial charge in [-0.2, -0.15) is 0 Å². The number of aromatic carboxylic acids is 1. The van der Waals surface area contributed by atoms with Gasteiger partial charge in [-0.15, -0.1) is 0 Å². The van der Waals surface area contributed by atoms with Gasteiger partial charge in [-0.3, -0.25) is 0 Å². The molecular weight excluding hydrogens is 206 g/mol. The van der Waals surface area contributed by atoms with Crippen LogP contribution in [0.1, 0.15) is 36.7 Å². The number of aromatic nitrogens is 2. The summed E-state index contributed by atoms with van der Waals surface area (Å²) in [4.78, 5) is 18.8. The van der Waals surface area contributed by atoms with Gasteiger partial charge in [0.15, 0.2) is 11.5 Å². The maximum absolute atomic E-state index is 10.9. The predicted molar refractivity (Wildman–Crippen MR) is 59.4 cm³/mol. The molecule has 1 heterocycles. The molecule has 1 aliphatic carbocycles. The third-order valence-corrected chi connectivity index (χ3v) is 3.12. The number of carboxylic acid groups (broad SMARTS) is 1. The fourth-order valence-corrected chi connectivity index (χ4v) is 1.87. The largest absolute Gasteiger partial charge is 0.476 e. The van der Waals surface area contributed by atoms with Gasteiger partial charge in [-0.1, -0.05) is 6.42 Å². The molecule has 1 fully saturated rings. The van der Waals surface area contributed by atoms with Crippen molar-refractivity contribution in [3.63, 3.8) is 0 Å². The van der Waals surface area contributed by atoms with Crippen LogP contribution in [0.3, 0.4) is 0 Å². The van der Waals surface area contributed by atoms with E-state index in [1.54, 1.807) is 0 Å². The molecule has 1 saturated carbocycles. The van der Waals surface area contributed by atoms with Gasteiger partial charge in [0, 0.05) is 18.4 Å². The van der Waals surface area contributed by atoms with Crippen molar-refractivity contribution < 1.29 is 9.90 Å². The summed E-state index contributed by atoms with van der Waals surface area (Å²) in [6.45, 7) is 2.06. The van der Waals surface area contributed by atoms with Crippen LogP contribution in [-0.4, -0.2) is 27.1 Å². The van der Waals surface area contributed by atoms with E-state index in [1.807, 2.05) is 0 Å². The van der Waals surface area contributed by atoms with Crippen LogP contribution in [0, 0.1) is 5.92 Å². The molecule has 1 aromatic heterocycles. The molecule has 16 heavy (non-hydrogen) atoms. The average molecular weight is 221 g/mol. The van der Waals surface area contributed by atoms with Crippen molar-refractivity contribution in [1.82, 2.24) is 9.97 Å². The van der Waals surface area contributed by atoms with Gasteiger partial charge in [0.25, 0.3) is 0 Å². The number of hydrogen-bond acceptors (Lipinski definition) is 4. The first-order valence-corrected chi connectivity index (χ1v) is 5.49. The highest BCUT2D eigenvalue weighted by molar-refractivity contribution is 5.90. The van der Waals surface area contributed by atoms with E-state index < -0.39 is 5.97 Å². The molecular formula is C11H15N3O2. The van der Waals surface area contributed by atoms with Crippen LogP contribution in [0.5, 0.6) is 0 Å². The van der Waals surface area contributed by atoms with E-state index in [4.69, 9.17) is 5.11 Å². The molecule has 0 saturated heterocycles. The van der Waals surface area contributed by atoms with Crippen molar-refractivity contribution in [1.29, 1.82) is 0 Å². The zero-order valence-corrected chi connectivity index (χ0v) is 9.18. The lowest BCUT2D eigenvalue weighted by molar-refractivity contribution is 0.0691. The van der Waals surface area contributed by atoms with E-state index in [0.717, 1.165) is 0 Å². The second-order valence-corrected chi connectivity index (χ2v) is 4.18. The Labute approximate surface area is 93.9 Å². The third kappa shape index (κ3) is 2.13. The Morgan fingerprint density at radius 3 is 2.75 bits per heavy atom. The molecule has 86 valence electrons. The van der Waals surface area contributed by atoms with E-state index in [9.17, 15) is 4.79 Å². The minimum absolute atomic E-state index is 0.00586. The molecule has 1 aliphatic rings. The van der Waals surface area contributed by atoms with Crippen molar-refractivity contribution in [2.75, 3.05) is 5.32 Å². The van der Waals surface area contributed by atoms with Crippen LogP contribution in [-0.2, 0) is 0 Å². The zero-order valence-electron chi connectivity index (χ0n) is 9.18. The van der Waals surface area contributed by atoms with E-state index in [1.165, 1.54) is 31.7 Å². The average Bonchev–Trinajstić information content (AvgIpc) is 2.15. The summed E-state index contributed by atoms with van der Waals surface area (Å²) < 4.78 is 0. The molecule has 0 radical (unpaired) electrons. The quantitative estimate of drug-likeness (QED) is 0.810. The first-order chi connectivity index (χ1) is 7.68. The molecule has 2 rings (SSSR count). The number of nitrogens with zero attached hydrogens (tertiary/aromatic N) is 2. The van der Waals surface area contributed by atoms with Gasteiger partial charge in [-0.25, -0.2) is 14.8 Å². The lowest BCUT2D eigenvalue weighted by Gasteiger charge is -2.32. The minimum atomic E-state index is -1.04. The van der Waals surface area contributed by atoms with E-state index >= 15 is 0 Å². The molecule has 5 nitrogen and oxygen atoms in total. The third-order valence-electron chi connectivity index (χ3n) is 3.12. The summed E-state index contributed by atoms with van der Waals surface area (Å²) in [7, 11) is 0. The number of nitrogens with one attached hydrogen (secondary N) is 1. The molecule has 2 N–H and O–H groups in total. The first kappa shape index (κ1) is 10.9. The maximum Gasteiger partial charge on any atom is 0.358 e. The fraction of sp³-hybridized carbons (Fsp3) is 0.545. The maximum atomic E-state index is 10.9. The van der Waals surface area contributed by atoms with Crippen molar-refractivity contribution in [3.05, 3.63) is 18.1 Å². The van der Waals surface area contributed by atoms with Gasteiger partial charge in [0.1, 0.15) is 0 Å². The van der Waals surface area contributed by atoms with Crippen molar-refractivity contribution >= 4 is 11.8 Å². The van der Waals surface area contributed by atoms with E-state index in [0.29, 0.717) is 11.7 Å². The van der Waals surface area contributed by atoms with Crippen LogP contribution < -0.4 is 5.32 Å². The lowest BCUT2D eigenvalue weighted by Crippen LogP contribution is -2.31. The second-order valence-electron chi connectivity index (χ2n) is 4.18. The Kier molecular flexibility index (Phi) is 3.03. The van der Waals surface area contributed by atoms with E-state index in [-0.39, 0.29) is 11.7 Å². The summed E-state index contributed by atoms with van der Waals surface area (Å²) in [5, 5.41) is 12.1. The Balaban J connectivity index is 2.10. The molecule has 0 amide bonds. The predicted octanol–water partition coefficient (Wildman–Crippen LogP) is 1.78. The smallest absolute Gasteiger partial charge is 0.358 e. The summed E-state index contributed by atoms with van der Waals surface area (Å²) in [5.74, 6) is -0.0468. The zero-order chi connectivity index (χ0) is 11.5. The second kappa shape index (κ2) is 4.47. The van der Waals surface area contributed by atoms with Crippen molar-refractivity contribution in [3.8, 4) is 0 Å². The Morgan fingerprint density at radius 1 is 1.50 bits per heavy atom. The molecule has 0 aliphatic heterocycles. The standard InChI is InChI=1S/C11H15N3O2/c1-7(8-3-2-4-8)14-10-9(11(15)16)12-5-6-13-10/h5-8H,2-4H2,1H3,(H,13,14)(H,15,16). The SMILES string of the molecule is CC(Nc1nccnc1C(=O)O)C1CCC1. The van der Waals surface area contributed by atoms with E-state index in [2.05, 4.69) is 22.2 Å². The molecule has 5 heteroatoms. The molecule has 1 aromatic rings. The Bertz CT molecular complexity index is 391. The van der Waals surface area contributed by atoms with Crippen LogP contribution in [0.25, 0.3) is 0 Å². The monoisotopic (exact) mass is 221 g/mol. The molecule has 1 atom stereocenters. The summed E-state index contributed by atoms with van der Waals surface area (Å²) in [6.07, 6.45) is 6.57. The summed E-state index contributed by atoms with van der Waals surface area (Å²) >= 11 is 0. The highest BCUT2D eigenvalue weighted by atomic mass is 16.4. The molecule has 0 aromatic carbocycles. The van der Waals surface area contributed by atoms with Crippen LogP contribution in [0.15, 0.2) is 12.4 Å². The fourth-order valence-electron chi connectivity index (χ4n) is 1.87. The van der Waals surface area contributed by atoms with Crippen molar-refractivity contribution in [2.45, 2.75) is 32.2 Å². The number of carboxylic acids is 1. The number of carbonyl (C=O) groups is 1. The highest BCUT2D eigenvalue weighted by Gasteiger charge is 2.25. The van der Waals surface area contributed by atoms with Gasteiger partial charge >= 0.3 is 5.97 Å². The Hall–Kier alpha value is -1.65. The van der Waals surface area contributed by atoms with Gasteiger partial charge in [-0.05, 0) is 25.7 Å². The number of anilines is 1. The number of hydrogen-bond donors (Lipinski definition) is 2. The topological polar surface area (TPSA) is 75.1 Å². The highest BCUT2D eigenvalue weighted by Crippen LogP contribution is 2.30. The van der Waals surface area contributed by atoms with Crippen molar-refractivity contribution in [2.24, 2.45) is 5.92 Å². The number of rotatable bonds is 4. The first-order valence-electron chi connectivity index (χ1n) is 5.49. The normalized spacial score (nSPS) is 17.6. The Morgan fingerprint density at radius 2 is 2.19 bits per heavy atom. The molecule has 1 unspecified atom stereocenters. The van der Waals surface area contributed by atoms with Gasteiger partial charge in [0.05, 0.1) is 0 Å². The minimum Gasteiger partial charge on any atom is -0.476 e. The molecule has 0 spiro atoms.